The van der Waals surface area contributed by atoms with Crippen molar-refractivity contribution < 1.29 is 9.18 Å². The van der Waals surface area contributed by atoms with Crippen LogP contribution in [0.3, 0.4) is 0 Å². The number of aromatic nitrogens is 1. The van der Waals surface area contributed by atoms with Gasteiger partial charge in [-0.1, -0.05) is 32.0 Å². The molecule has 0 radical (unpaired) electrons. The number of aryl methyl sites for hydroxylation is 1. The smallest absolute Gasteiger partial charge is 0.220 e. The molecule has 1 N–H and O–H groups in total. The van der Waals surface area contributed by atoms with E-state index < -0.39 is 0 Å². The van der Waals surface area contributed by atoms with E-state index in [4.69, 9.17) is 0 Å². The summed E-state index contributed by atoms with van der Waals surface area (Å²) in [5.74, 6) is 0.120. The van der Waals surface area contributed by atoms with Crippen LogP contribution in [0.25, 0.3) is 10.9 Å². The average Bonchev–Trinajstić information content (AvgIpc) is 2.43. The molecule has 4 heteroatoms. The highest BCUT2D eigenvalue weighted by molar-refractivity contribution is 5.79. The second-order valence-electron chi connectivity index (χ2n) is 5.31. The predicted octanol–water partition coefficient (Wildman–Crippen LogP) is 3.08. The van der Waals surface area contributed by atoms with Crippen molar-refractivity contribution in [2.45, 2.75) is 26.7 Å². The maximum Gasteiger partial charge on any atom is 0.220 e. The van der Waals surface area contributed by atoms with Crippen LogP contribution in [-0.4, -0.2) is 17.4 Å². The molecule has 2 aromatic rings. The summed E-state index contributed by atoms with van der Waals surface area (Å²) in [6.45, 7) is 4.78. The number of amides is 1. The van der Waals surface area contributed by atoms with Crippen LogP contribution in [0.2, 0.25) is 0 Å². The summed E-state index contributed by atoms with van der Waals surface area (Å²) in [7, 11) is 0. The fourth-order valence-electron chi connectivity index (χ4n) is 1.94. The Morgan fingerprint density at radius 2 is 2.10 bits per heavy atom. The van der Waals surface area contributed by atoms with E-state index in [2.05, 4.69) is 10.3 Å². The number of nitrogens with one attached hydrogen (secondary N) is 1. The zero-order valence-corrected chi connectivity index (χ0v) is 11.8. The van der Waals surface area contributed by atoms with Crippen molar-refractivity contribution in [3.63, 3.8) is 0 Å². The van der Waals surface area contributed by atoms with Crippen molar-refractivity contribution in [1.29, 1.82) is 0 Å². The Labute approximate surface area is 118 Å². The minimum absolute atomic E-state index is 0.00845. The summed E-state index contributed by atoms with van der Waals surface area (Å²) < 4.78 is 13.6. The predicted molar refractivity (Wildman–Crippen MR) is 77.9 cm³/mol. The van der Waals surface area contributed by atoms with Crippen LogP contribution in [0.1, 0.15) is 26.0 Å². The number of benzene rings is 1. The number of carbonyl (C=O) groups excluding carboxylic acids is 1. The lowest BCUT2D eigenvalue weighted by Crippen LogP contribution is -2.27. The number of para-hydroxylation sites is 1. The van der Waals surface area contributed by atoms with Crippen molar-refractivity contribution in [2.75, 3.05) is 6.54 Å². The molecule has 0 fully saturated rings. The van der Waals surface area contributed by atoms with Gasteiger partial charge in [0.2, 0.25) is 5.91 Å². The maximum absolute atomic E-state index is 13.6. The van der Waals surface area contributed by atoms with Gasteiger partial charge >= 0.3 is 0 Å². The van der Waals surface area contributed by atoms with E-state index >= 15 is 0 Å². The van der Waals surface area contributed by atoms with Gasteiger partial charge in [0, 0.05) is 24.0 Å². The van der Waals surface area contributed by atoms with Crippen molar-refractivity contribution in [3.05, 3.63) is 41.8 Å². The Morgan fingerprint density at radius 3 is 2.85 bits per heavy atom. The second-order valence-corrected chi connectivity index (χ2v) is 5.31. The number of hydrogen-bond donors (Lipinski definition) is 1. The van der Waals surface area contributed by atoms with Crippen LogP contribution in [0.15, 0.2) is 30.3 Å². The third-order valence-electron chi connectivity index (χ3n) is 3.04. The Balaban J connectivity index is 2.00. The minimum Gasteiger partial charge on any atom is -0.356 e. The molecule has 3 nitrogen and oxygen atoms in total. The van der Waals surface area contributed by atoms with Crippen molar-refractivity contribution in [2.24, 2.45) is 5.92 Å². The Bertz CT molecular complexity index is 610. The molecule has 1 aromatic heterocycles. The average molecular weight is 274 g/mol. The van der Waals surface area contributed by atoms with Crippen molar-refractivity contribution >= 4 is 16.8 Å². The lowest BCUT2D eigenvalue weighted by Gasteiger charge is -2.07. The van der Waals surface area contributed by atoms with Crippen LogP contribution < -0.4 is 5.32 Å². The van der Waals surface area contributed by atoms with E-state index in [0.29, 0.717) is 30.8 Å². The molecule has 1 aromatic carbocycles. The van der Waals surface area contributed by atoms with Crippen LogP contribution in [0, 0.1) is 11.7 Å². The molecule has 106 valence electrons. The van der Waals surface area contributed by atoms with Gasteiger partial charge in [0.15, 0.2) is 0 Å². The van der Waals surface area contributed by atoms with Gasteiger partial charge in [0.05, 0.1) is 0 Å². The first-order valence-electron chi connectivity index (χ1n) is 6.87. The lowest BCUT2D eigenvalue weighted by atomic mass is 10.1. The molecule has 0 saturated heterocycles. The lowest BCUT2D eigenvalue weighted by molar-refractivity contribution is -0.121. The van der Waals surface area contributed by atoms with Crippen LogP contribution >= 0.6 is 0 Å². The first-order valence-corrected chi connectivity index (χ1v) is 6.87. The number of pyridine rings is 1. The molecule has 1 heterocycles. The zero-order chi connectivity index (χ0) is 14.5. The first-order chi connectivity index (χ1) is 9.56. The van der Waals surface area contributed by atoms with Gasteiger partial charge in [-0.05, 0) is 24.5 Å². The largest absolute Gasteiger partial charge is 0.356 e. The number of rotatable bonds is 5. The highest BCUT2D eigenvalue weighted by Crippen LogP contribution is 2.16. The summed E-state index contributed by atoms with van der Waals surface area (Å²) >= 11 is 0. The molecular formula is C16H19FN2O. The summed E-state index contributed by atoms with van der Waals surface area (Å²) in [5, 5.41) is 3.64. The van der Waals surface area contributed by atoms with Gasteiger partial charge < -0.3 is 5.32 Å². The quantitative estimate of drug-likeness (QED) is 0.910. The summed E-state index contributed by atoms with van der Waals surface area (Å²) in [4.78, 5) is 15.9. The van der Waals surface area contributed by atoms with Crippen molar-refractivity contribution in [3.8, 4) is 0 Å². The van der Waals surface area contributed by atoms with Gasteiger partial charge in [-0.25, -0.2) is 9.37 Å². The van der Waals surface area contributed by atoms with Crippen molar-refractivity contribution in [1.82, 2.24) is 10.3 Å². The van der Waals surface area contributed by atoms with Crippen LogP contribution in [0.5, 0.6) is 0 Å². The zero-order valence-electron chi connectivity index (χ0n) is 11.8. The number of hydrogen-bond acceptors (Lipinski definition) is 2. The number of fused-ring (bicyclic) bond motifs is 1. The molecular weight excluding hydrogens is 255 g/mol. The van der Waals surface area contributed by atoms with E-state index in [-0.39, 0.29) is 11.7 Å². The molecule has 0 aliphatic rings. The maximum atomic E-state index is 13.6. The summed E-state index contributed by atoms with van der Waals surface area (Å²) in [5.41, 5.74) is 1.11. The van der Waals surface area contributed by atoms with Gasteiger partial charge in [-0.15, -0.1) is 0 Å². The minimum atomic E-state index is -0.325. The summed E-state index contributed by atoms with van der Waals surface area (Å²) in [6, 6.07) is 8.57. The van der Waals surface area contributed by atoms with E-state index in [1.807, 2.05) is 32.0 Å². The molecule has 0 aliphatic heterocycles. The third kappa shape index (κ3) is 3.76. The third-order valence-corrected chi connectivity index (χ3v) is 3.04. The molecule has 0 bridgehead atoms. The molecule has 2 rings (SSSR count). The Hall–Kier alpha value is -1.97. The Kier molecular flexibility index (Phi) is 4.66. The molecule has 0 unspecified atom stereocenters. The first kappa shape index (κ1) is 14.4. The molecule has 1 amide bonds. The number of carbonyl (C=O) groups is 1. The second kappa shape index (κ2) is 6.46. The standard InChI is InChI=1S/C16H19FN2O/c1-11(2)10-18-15(20)9-8-13-7-6-12-4-3-5-14(17)16(12)19-13/h3-7,11H,8-10H2,1-2H3,(H,18,20). The van der Waals surface area contributed by atoms with E-state index in [9.17, 15) is 9.18 Å². The molecule has 20 heavy (non-hydrogen) atoms. The van der Waals surface area contributed by atoms with Gasteiger partial charge in [-0.2, -0.15) is 0 Å². The molecule has 0 atom stereocenters. The normalized spacial score (nSPS) is 11.0. The highest BCUT2D eigenvalue weighted by atomic mass is 19.1. The molecule has 0 saturated carbocycles. The topological polar surface area (TPSA) is 42.0 Å². The fraction of sp³-hybridized carbons (Fsp3) is 0.375. The Morgan fingerprint density at radius 1 is 1.30 bits per heavy atom. The molecule has 0 aliphatic carbocycles. The van der Waals surface area contributed by atoms with Gasteiger partial charge in [-0.3, -0.25) is 4.79 Å². The fourth-order valence-corrected chi connectivity index (χ4v) is 1.94. The van der Waals surface area contributed by atoms with E-state index in [0.717, 1.165) is 11.1 Å². The number of nitrogens with zero attached hydrogens (tertiary/aromatic N) is 1. The monoisotopic (exact) mass is 274 g/mol. The summed E-state index contributed by atoms with van der Waals surface area (Å²) in [6.07, 6.45) is 0.897. The van der Waals surface area contributed by atoms with Crippen LogP contribution in [-0.2, 0) is 11.2 Å². The number of halogens is 1. The molecule has 0 spiro atoms. The highest BCUT2D eigenvalue weighted by Gasteiger charge is 2.06. The van der Waals surface area contributed by atoms with Crippen LogP contribution in [0.4, 0.5) is 4.39 Å². The van der Waals surface area contributed by atoms with Gasteiger partial charge in [0.1, 0.15) is 11.3 Å². The van der Waals surface area contributed by atoms with E-state index in [1.165, 1.54) is 6.07 Å². The van der Waals surface area contributed by atoms with E-state index in [1.54, 1.807) is 6.07 Å². The SMILES string of the molecule is CC(C)CNC(=O)CCc1ccc2cccc(F)c2n1. The van der Waals surface area contributed by atoms with Gasteiger partial charge in [0.25, 0.3) is 0 Å².